The molecule has 1 saturated heterocycles. The molecule has 0 amide bonds. The number of anilines is 1. The molecule has 1 aliphatic rings. The maximum absolute atomic E-state index is 5.88. The van der Waals surface area contributed by atoms with E-state index in [4.69, 9.17) is 4.74 Å². The summed E-state index contributed by atoms with van der Waals surface area (Å²) in [5, 5.41) is 0. The zero-order valence-corrected chi connectivity index (χ0v) is 20.7. The standard InChI is InChI=1S/C25H27BrN2O.2ClH/c26-24-8-4-5-9-25(24)29-19-14-21-10-12-22(13-11-21)20-27-15-17-28(18-16-27)23-6-2-1-3-7-23;;/h1-13H,14-20H2;2*1H. The van der Waals surface area contributed by atoms with Gasteiger partial charge in [0.25, 0.3) is 0 Å². The van der Waals surface area contributed by atoms with Gasteiger partial charge < -0.3 is 9.64 Å². The largest absolute Gasteiger partial charge is 0.492 e. The van der Waals surface area contributed by atoms with Crippen LogP contribution in [0.5, 0.6) is 5.75 Å². The summed E-state index contributed by atoms with van der Waals surface area (Å²) in [5.41, 5.74) is 4.03. The molecule has 1 fully saturated rings. The molecule has 3 aromatic carbocycles. The molecule has 0 N–H and O–H groups in total. The van der Waals surface area contributed by atoms with Crippen molar-refractivity contribution in [3.63, 3.8) is 0 Å². The molecule has 0 unspecified atom stereocenters. The fourth-order valence-electron chi connectivity index (χ4n) is 3.71. The number of hydrogen-bond acceptors (Lipinski definition) is 3. The average molecular weight is 524 g/mol. The van der Waals surface area contributed by atoms with Crippen LogP contribution in [0.1, 0.15) is 11.1 Å². The highest BCUT2D eigenvalue weighted by atomic mass is 79.9. The van der Waals surface area contributed by atoms with E-state index in [9.17, 15) is 0 Å². The van der Waals surface area contributed by atoms with Crippen LogP contribution in [0.2, 0.25) is 0 Å². The summed E-state index contributed by atoms with van der Waals surface area (Å²) in [5.74, 6) is 0.902. The van der Waals surface area contributed by atoms with Gasteiger partial charge >= 0.3 is 0 Å². The summed E-state index contributed by atoms with van der Waals surface area (Å²) in [6.07, 6.45) is 0.914. The zero-order chi connectivity index (χ0) is 19.9. The van der Waals surface area contributed by atoms with Crippen molar-refractivity contribution in [1.82, 2.24) is 4.90 Å². The van der Waals surface area contributed by atoms with Gasteiger partial charge in [0.05, 0.1) is 11.1 Å². The van der Waals surface area contributed by atoms with Crippen LogP contribution in [-0.4, -0.2) is 37.7 Å². The third-order valence-electron chi connectivity index (χ3n) is 5.41. The first-order valence-electron chi connectivity index (χ1n) is 10.3. The lowest BCUT2D eigenvalue weighted by Crippen LogP contribution is -2.45. The lowest BCUT2D eigenvalue weighted by molar-refractivity contribution is 0.250. The fraction of sp³-hybridized carbons (Fsp3) is 0.280. The van der Waals surface area contributed by atoms with E-state index in [0.717, 1.165) is 49.4 Å². The maximum atomic E-state index is 5.88. The molecule has 0 radical (unpaired) electrons. The van der Waals surface area contributed by atoms with Gasteiger partial charge in [-0.3, -0.25) is 4.90 Å². The van der Waals surface area contributed by atoms with Gasteiger partial charge in [-0.05, 0) is 51.3 Å². The SMILES string of the molecule is Brc1ccccc1OCCc1ccc(CN2CCN(c3ccccc3)CC2)cc1.Cl.Cl. The molecule has 0 atom stereocenters. The van der Waals surface area contributed by atoms with Gasteiger partial charge in [-0.15, -0.1) is 24.8 Å². The van der Waals surface area contributed by atoms with Crippen LogP contribution < -0.4 is 9.64 Å². The maximum Gasteiger partial charge on any atom is 0.133 e. The van der Waals surface area contributed by atoms with Gasteiger partial charge in [-0.25, -0.2) is 0 Å². The monoisotopic (exact) mass is 522 g/mol. The highest BCUT2D eigenvalue weighted by Crippen LogP contribution is 2.24. The number of benzene rings is 3. The molecule has 6 heteroatoms. The fourth-order valence-corrected chi connectivity index (χ4v) is 4.11. The lowest BCUT2D eigenvalue weighted by Gasteiger charge is -2.36. The third kappa shape index (κ3) is 7.43. The molecule has 3 aromatic rings. The molecule has 31 heavy (non-hydrogen) atoms. The zero-order valence-electron chi connectivity index (χ0n) is 17.5. The quantitative estimate of drug-likeness (QED) is 0.364. The molecule has 166 valence electrons. The number of nitrogens with zero attached hydrogens (tertiary/aromatic N) is 2. The number of para-hydroxylation sites is 2. The van der Waals surface area contributed by atoms with Crippen LogP contribution in [0.25, 0.3) is 0 Å². The molecule has 1 heterocycles. The van der Waals surface area contributed by atoms with E-state index in [0.29, 0.717) is 6.61 Å². The average Bonchev–Trinajstić information content (AvgIpc) is 2.77. The Labute approximate surface area is 206 Å². The van der Waals surface area contributed by atoms with Crippen molar-refractivity contribution in [2.45, 2.75) is 13.0 Å². The summed E-state index contributed by atoms with van der Waals surface area (Å²) < 4.78 is 6.88. The summed E-state index contributed by atoms with van der Waals surface area (Å²) in [6, 6.07) is 27.7. The Balaban J connectivity index is 0.00000171. The minimum atomic E-state index is 0. The van der Waals surface area contributed by atoms with Gasteiger partial charge in [0.1, 0.15) is 5.75 Å². The molecular formula is C25H29BrCl2N2O. The van der Waals surface area contributed by atoms with E-state index >= 15 is 0 Å². The Morgan fingerprint density at radius 1 is 0.710 bits per heavy atom. The molecule has 0 saturated carbocycles. The highest BCUT2D eigenvalue weighted by Gasteiger charge is 2.17. The first-order valence-corrected chi connectivity index (χ1v) is 11.0. The molecule has 4 rings (SSSR count). The minimum Gasteiger partial charge on any atom is -0.492 e. The van der Waals surface area contributed by atoms with Crippen molar-refractivity contribution < 1.29 is 4.74 Å². The predicted molar refractivity (Wildman–Crippen MR) is 138 cm³/mol. The van der Waals surface area contributed by atoms with Crippen LogP contribution in [0.15, 0.2) is 83.3 Å². The van der Waals surface area contributed by atoms with Crippen LogP contribution in [-0.2, 0) is 13.0 Å². The normalized spacial score (nSPS) is 13.8. The van der Waals surface area contributed by atoms with Crippen molar-refractivity contribution >= 4 is 46.4 Å². The van der Waals surface area contributed by atoms with Crippen LogP contribution >= 0.6 is 40.7 Å². The van der Waals surface area contributed by atoms with Crippen molar-refractivity contribution in [2.75, 3.05) is 37.7 Å². The number of ether oxygens (including phenoxy) is 1. The lowest BCUT2D eigenvalue weighted by atomic mass is 10.1. The molecule has 0 spiro atoms. The summed E-state index contributed by atoms with van der Waals surface area (Å²) >= 11 is 3.52. The molecule has 1 aliphatic heterocycles. The second-order valence-corrected chi connectivity index (χ2v) is 8.30. The van der Waals surface area contributed by atoms with E-state index < -0.39 is 0 Å². The molecule has 0 aliphatic carbocycles. The topological polar surface area (TPSA) is 15.7 Å². The summed E-state index contributed by atoms with van der Waals surface area (Å²) in [7, 11) is 0. The van der Waals surface area contributed by atoms with Gasteiger partial charge in [-0.1, -0.05) is 54.6 Å². The van der Waals surface area contributed by atoms with Gasteiger partial charge in [-0.2, -0.15) is 0 Å². The van der Waals surface area contributed by atoms with Gasteiger partial charge in [0.2, 0.25) is 0 Å². The predicted octanol–water partition coefficient (Wildman–Crippen LogP) is 6.24. The Morgan fingerprint density at radius 2 is 1.32 bits per heavy atom. The first kappa shape index (κ1) is 25.5. The van der Waals surface area contributed by atoms with E-state index in [1.54, 1.807) is 0 Å². The van der Waals surface area contributed by atoms with Crippen LogP contribution in [0, 0.1) is 0 Å². The number of hydrogen-bond donors (Lipinski definition) is 0. The second kappa shape index (κ2) is 13.0. The van der Waals surface area contributed by atoms with Crippen LogP contribution in [0.3, 0.4) is 0 Å². The molecular weight excluding hydrogens is 495 g/mol. The molecule has 0 bridgehead atoms. The number of halogens is 3. The van der Waals surface area contributed by atoms with E-state index in [2.05, 4.69) is 80.3 Å². The first-order chi connectivity index (χ1) is 14.3. The van der Waals surface area contributed by atoms with E-state index in [1.165, 1.54) is 16.8 Å². The molecule has 3 nitrogen and oxygen atoms in total. The number of rotatable bonds is 7. The Bertz CT molecular complexity index is 901. The Hall–Kier alpha value is -1.72. The van der Waals surface area contributed by atoms with Gasteiger partial charge in [0.15, 0.2) is 0 Å². The van der Waals surface area contributed by atoms with E-state index in [1.807, 2.05) is 24.3 Å². The number of piperazine rings is 1. The summed E-state index contributed by atoms with van der Waals surface area (Å²) in [6.45, 7) is 6.11. The molecule has 0 aromatic heterocycles. The van der Waals surface area contributed by atoms with Crippen molar-refractivity contribution in [3.05, 3.63) is 94.5 Å². The van der Waals surface area contributed by atoms with E-state index in [-0.39, 0.29) is 24.8 Å². The third-order valence-corrected chi connectivity index (χ3v) is 6.06. The minimum absolute atomic E-state index is 0. The van der Waals surface area contributed by atoms with Crippen molar-refractivity contribution in [3.8, 4) is 5.75 Å². The Morgan fingerprint density at radius 3 is 2.00 bits per heavy atom. The highest BCUT2D eigenvalue weighted by molar-refractivity contribution is 9.10. The van der Waals surface area contributed by atoms with Crippen LogP contribution in [0.4, 0.5) is 5.69 Å². The van der Waals surface area contributed by atoms with Crippen molar-refractivity contribution in [2.24, 2.45) is 0 Å². The van der Waals surface area contributed by atoms with Gasteiger partial charge in [0, 0.05) is 44.8 Å². The Kier molecular flexibility index (Phi) is 10.7. The second-order valence-electron chi connectivity index (χ2n) is 7.44. The van der Waals surface area contributed by atoms with Crippen molar-refractivity contribution in [1.29, 1.82) is 0 Å². The smallest absolute Gasteiger partial charge is 0.133 e. The summed E-state index contributed by atoms with van der Waals surface area (Å²) in [4.78, 5) is 5.02.